The van der Waals surface area contributed by atoms with Gasteiger partial charge in [-0.05, 0) is 47.1 Å². The summed E-state index contributed by atoms with van der Waals surface area (Å²) in [6.07, 6.45) is 1.15. The zero-order chi connectivity index (χ0) is 16.7. The van der Waals surface area contributed by atoms with E-state index in [1.165, 1.54) is 26.7 Å². The average Bonchev–Trinajstić information content (AvgIpc) is 2.51. The van der Waals surface area contributed by atoms with Crippen molar-refractivity contribution >= 4 is 39.1 Å². The summed E-state index contributed by atoms with van der Waals surface area (Å²) in [4.78, 5) is 2.61. The van der Waals surface area contributed by atoms with Crippen molar-refractivity contribution in [1.82, 2.24) is 0 Å². The van der Waals surface area contributed by atoms with Gasteiger partial charge in [0.2, 0.25) is 0 Å². The molecule has 1 heterocycles. The minimum atomic E-state index is 0.148. The topological polar surface area (TPSA) is 12.0 Å². The molecule has 2 aromatic carbocycles. The first-order valence-corrected chi connectivity index (χ1v) is 9.99. The molecule has 0 atom stereocenters. The van der Waals surface area contributed by atoms with E-state index in [4.69, 9.17) is 0 Å². The van der Waals surface area contributed by atoms with Crippen LogP contribution in [0.3, 0.4) is 0 Å². The molecule has 0 fully saturated rings. The van der Waals surface area contributed by atoms with Gasteiger partial charge in [-0.15, -0.1) is 0 Å². The van der Waals surface area contributed by atoms with Crippen molar-refractivity contribution in [2.75, 3.05) is 10.6 Å². The largest absolute Gasteiger partial charge is 0.354 e. The lowest BCUT2D eigenvalue weighted by Crippen LogP contribution is -2.28. The van der Waals surface area contributed by atoms with Crippen LogP contribution in [0.15, 0.2) is 52.3 Å². The molecule has 3 rings (SSSR count). The monoisotopic (exact) mass is 389 g/mol. The molecule has 1 N–H and O–H groups in total. The Morgan fingerprint density at radius 3 is 2.39 bits per heavy atom. The van der Waals surface area contributed by atoms with E-state index in [2.05, 4.69) is 91.4 Å². The van der Waals surface area contributed by atoms with Crippen LogP contribution >= 0.6 is 27.7 Å². The van der Waals surface area contributed by atoms with Crippen LogP contribution in [0, 0.1) is 5.41 Å². The fraction of sp³-hybridized carbons (Fsp3) is 0.400. The number of hydrogen-bond donors (Lipinski definition) is 1. The molecule has 2 aromatic rings. The highest BCUT2D eigenvalue weighted by molar-refractivity contribution is 9.09. The first-order chi connectivity index (χ1) is 10.8. The minimum Gasteiger partial charge on any atom is -0.354 e. The van der Waals surface area contributed by atoms with Crippen molar-refractivity contribution in [3.8, 4) is 0 Å². The predicted octanol–water partition coefficient (Wildman–Crippen LogP) is 6.98. The fourth-order valence-corrected chi connectivity index (χ4v) is 4.57. The van der Waals surface area contributed by atoms with E-state index in [9.17, 15) is 0 Å². The highest BCUT2D eigenvalue weighted by Gasteiger charge is 2.30. The normalized spacial score (nSPS) is 14.0. The molecule has 0 aliphatic carbocycles. The summed E-state index contributed by atoms with van der Waals surface area (Å²) >= 11 is 5.51. The van der Waals surface area contributed by atoms with Gasteiger partial charge in [-0.2, -0.15) is 0 Å². The van der Waals surface area contributed by atoms with Crippen LogP contribution < -0.4 is 5.32 Å². The fourth-order valence-electron chi connectivity index (χ4n) is 3.41. The first-order valence-electron chi connectivity index (χ1n) is 8.05. The lowest BCUT2D eigenvalue weighted by Gasteiger charge is -2.35. The van der Waals surface area contributed by atoms with Gasteiger partial charge in [-0.25, -0.2) is 0 Å². The molecule has 1 aliphatic rings. The number of benzene rings is 2. The summed E-state index contributed by atoms with van der Waals surface area (Å²) in [5.74, 6) is 0. The maximum absolute atomic E-state index is 3.66. The molecule has 0 aromatic heterocycles. The van der Waals surface area contributed by atoms with E-state index in [-0.39, 0.29) is 10.8 Å². The van der Waals surface area contributed by atoms with E-state index in [1.54, 1.807) is 0 Å². The van der Waals surface area contributed by atoms with E-state index >= 15 is 0 Å². The van der Waals surface area contributed by atoms with Gasteiger partial charge in [0.25, 0.3) is 0 Å². The molecule has 1 nitrogen and oxygen atoms in total. The predicted molar refractivity (Wildman–Crippen MR) is 106 cm³/mol. The van der Waals surface area contributed by atoms with Crippen LogP contribution in [-0.4, -0.2) is 5.33 Å². The van der Waals surface area contributed by atoms with Crippen molar-refractivity contribution in [2.45, 2.75) is 49.3 Å². The number of fused-ring (bicyclic) bond motifs is 2. The Bertz CT molecular complexity index is 721. The van der Waals surface area contributed by atoms with E-state index in [1.807, 2.05) is 11.8 Å². The van der Waals surface area contributed by atoms with Gasteiger partial charge in [-0.3, -0.25) is 0 Å². The number of anilines is 2. The molecule has 0 amide bonds. The van der Waals surface area contributed by atoms with Gasteiger partial charge < -0.3 is 5.32 Å². The highest BCUT2D eigenvalue weighted by atomic mass is 79.9. The third kappa shape index (κ3) is 3.61. The number of hydrogen-bond acceptors (Lipinski definition) is 2. The molecule has 0 spiro atoms. The lowest BCUT2D eigenvalue weighted by atomic mass is 9.72. The Balaban J connectivity index is 1.90. The van der Waals surface area contributed by atoms with Crippen molar-refractivity contribution in [2.24, 2.45) is 5.41 Å². The quantitative estimate of drug-likeness (QED) is 0.482. The summed E-state index contributed by atoms with van der Waals surface area (Å²) in [5, 5.41) is 4.62. The summed E-state index contributed by atoms with van der Waals surface area (Å²) in [6.45, 7) is 9.35. The van der Waals surface area contributed by atoms with E-state index in [0.29, 0.717) is 0 Å². The van der Waals surface area contributed by atoms with Gasteiger partial charge in [-0.1, -0.05) is 73.6 Å². The summed E-state index contributed by atoms with van der Waals surface area (Å²) in [6, 6.07) is 15.4. The molecule has 3 heteroatoms. The lowest BCUT2D eigenvalue weighted by molar-refractivity contribution is 0.292. The molecule has 23 heavy (non-hydrogen) atoms. The third-order valence-electron chi connectivity index (χ3n) is 4.42. The second-order valence-corrected chi connectivity index (χ2v) is 9.44. The Kier molecular flexibility index (Phi) is 4.54. The average molecular weight is 390 g/mol. The summed E-state index contributed by atoms with van der Waals surface area (Å²) < 4.78 is 0. The van der Waals surface area contributed by atoms with Crippen LogP contribution in [0.4, 0.5) is 11.4 Å². The molecule has 0 bridgehead atoms. The van der Waals surface area contributed by atoms with Gasteiger partial charge in [0.15, 0.2) is 0 Å². The summed E-state index contributed by atoms with van der Waals surface area (Å²) in [5.41, 5.74) is 4.28. The summed E-state index contributed by atoms with van der Waals surface area (Å²) in [7, 11) is 0. The Morgan fingerprint density at radius 2 is 1.65 bits per heavy atom. The molecule has 0 saturated carbocycles. The molecular formula is C20H24BrNS. The second kappa shape index (κ2) is 6.18. The van der Waals surface area contributed by atoms with Crippen LogP contribution in [0.25, 0.3) is 0 Å². The highest BCUT2D eigenvalue weighted by Crippen LogP contribution is 2.46. The Morgan fingerprint density at radius 1 is 0.957 bits per heavy atom. The Labute approximate surface area is 152 Å². The van der Waals surface area contributed by atoms with E-state index < -0.39 is 0 Å². The molecule has 0 saturated heterocycles. The molecule has 0 unspecified atom stereocenters. The van der Waals surface area contributed by atoms with Crippen molar-refractivity contribution in [3.63, 3.8) is 0 Å². The molecular weight excluding hydrogens is 366 g/mol. The number of rotatable bonds is 4. The van der Waals surface area contributed by atoms with Crippen LogP contribution in [-0.2, 0) is 5.41 Å². The van der Waals surface area contributed by atoms with Crippen LogP contribution in [0.2, 0.25) is 0 Å². The van der Waals surface area contributed by atoms with Crippen molar-refractivity contribution in [1.29, 1.82) is 0 Å². The van der Waals surface area contributed by atoms with Gasteiger partial charge >= 0.3 is 0 Å². The molecule has 0 radical (unpaired) electrons. The number of nitrogens with one attached hydrogen (secondary N) is 1. The standard InChI is InChI=1S/C20H24BrNS/c1-19(2,13-21)12-20(3,4)14-9-10-18-16(11-14)22-15-7-5-6-8-17(15)23-18/h5-11,22H,12-13H2,1-4H3. The first kappa shape index (κ1) is 16.9. The van der Waals surface area contributed by atoms with Crippen LogP contribution in [0.1, 0.15) is 39.7 Å². The molecule has 122 valence electrons. The van der Waals surface area contributed by atoms with Gasteiger partial charge in [0.05, 0.1) is 11.4 Å². The van der Waals surface area contributed by atoms with Crippen molar-refractivity contribution < 1.29 is 0 Å². The van der Waals surface area contributed by atoms with Gasteiger partial charge in [0.1, 0.15) is 0 Å². The number of para-hydroxylation sites is 1. The van der Waals surface area contributed by atoms with Crippen molar-refractivity contribution in [3.05, 3.63) is 48.0 Å². The maximum Gasteiger partial charge on any atom is 0.0529 e. The zero-order valence-electron chi connectivity index (χ0n) is 14.2. The smallest absolute Gasteiger partial charge is 0.0529 e. The minimum absolute atomic E-state index is 0.148. The third-order valence-corrected chi connectivity index (χ3v) is 7.09. The van der Waals surface area contributed by atoms with Gasteiger partial charge in [0, 0.05) is 15.1 Å². The second-order valence-electron chi connectivity index (χ2n) is 7.79. The number of alkyl halides is 1. The molecule has 1 aliphatic heterocycles. The SMILES string of the molecule is CC(C)(CBr)CC(C)(C)c1ccc2c(c1)Nc1ccccc1S2. The van der Waals surface area contributed by atoms with E-state index in [0.717, 1.165) is 11.8 Å². The zero-order valence-corrected chi connectivity index (χ0v) is 16.6. The van der Waals surface area contributed by atoms with Crippen LogP contribution in [0.5, 0.6) is 0 Å². The number of halogens is 1. The maximum atomic E-state index is 3.66. The Hall–Kier alpha value is -0.930.